The van der Waals surface area contributed by atoms with Crippen LogP contribution in [-0.2, 0) is 4.79 Å². The summed E-state index contributed by atoms with van der Waals surface area (Å²) in [4.78, 5) is 10.6. The van der Waals surface area contributed by atoms with Crippen molar-refractivity contribution in [2.24, 2.45) is 11.7 Å². The van der Waals surface area contributed by atoms with Gasteiger partial charge in [-0.2, -0.15) is 0 Å². The molecule has 0 radical (unpaired) electrons. The molecule has 0 spiro atoms. The van der Waals surface area contributed by atoms with Crippen LogP contribution in [0.5, 0.6) is 0 Å². The van der Waals surface area contributed by atoms with Gasteiger partial charge >= 0.3 is 5.97 Å². The lowest BCUT2D eigenvalue weighted by molar-refractivity contribution is -0.162. The molecule has 6 heteroatoms. The Balaban J connectivity index is 2.76. The average molecular weight is 191 g/mol. The first-order chi connectivity index (χ1) is 5.95. The second-order valence-electron chi connectivity index (χ2n) is 3.32. The Hall–Kier alpha value is -0.690. The van der Waals surface area contributed by atoms with E-state index in [4.69, 9.17) is 10.8 Å². The fraction of sp³-hybridized carbons (Fsp3) is 0.857. The van der Waals surface area contributed by atoms with E-state index in [0.717, 1.165) is 0 Å². The standard InChI is InChI=1S/C7H13NO5/c8-3-1-2(7(12)13)4(9)6(11)5(3)10/h2-6,9-11H,1,8H2,(H,12,13)/t2-,3+,4+,5-,6+/m0/s1. The number of aliphatic carboxylic acids is 1. The third-order valence-electron chi connectivity index (χ3n) is 2.39. The molecule has 0 heterocycles. The van der Waals surface area contributed by atoms with Gasteiger partial charge in [-0.05, 0) is 6.42 Å². The van der Waals surface area contributed by atoms with Crippen molar-refractivity contribution in [3.05, 3.63) is 0 Å². The van der Waals surface area contributed by atoms with Crippen LogP contribution in [0.3, 0.4) is 0 Å². The summed E-state index contributed by atoms with van der Waals surface area (Å²) in [6.07, 6.45) is -4.22. The zero-order valence-corrected chi connectivity index (χ0v) is 6.87. The molecule has 0 aromatic carbocycles. The van der Waals surface area contributed by atoms with Crippen molar-refractivity contribution < 1.29 is 25.2 Å². The van der Waals surface area contributed by atoms with Gasteiger partial charge in [0.2, 0.25) is 0 Å². The topological polar surface area (TPSA) is 124 Å². The number of carboxylic acids is 1. The van der Waals surface area contributed by atoms with Crippen LogP contribution in [-0.4, -0.2) is 50.7 Å². The van der Waals surface area contributed by atoms with Gasteiger partial charge in [-0.1, -0.05) is 0 Å². The third-order valence-corrected chi connectivity index (χ3v) is 2.39. The van der Waals surface area contributed by atoms with Gasteiger partial charge in [-0.15, -0.1) is 0 Å². The molecule has 6 nitrogen and oxygen atoms in total. The van der Waals surface area contributed by atoms with E-state index in [1.165, 1.54) is 0 Å². The molecule has 0 saturated heterocycles. The lowest BCUT2D eigenvalue weighted by Gasteiger charge is -2.36. The van der Waals surface area contributed by atoms with Crippen LogP contribution in [0, 0.1) is 5.92 Å². The van der Waals surface area contributed by atoms with Crippen LogP contribution in [0.15, 0.2) is 0 Å². The van der Waals surface area contributed by atoms with Crippen LogP contribution >= 0.6 is 0 Å². The number of hydrogen-bond donors (Lipinski definition) is 5. The number of aliphatic hydroxyl groups excluding tert-OH is 3. The van der Waals surface area contributed by atoms with Crippen molar-refractivity contribution in [1.29, 1.82) is 0 Å². The maximum atomic E-state index is 10.6. The Labute approximate surface area is 74.6 Å². The summed E-state index contributed by atoms with van der Waals surface area (Å²) in [6, 6.07) is -0.806. The van der Waals surface area contributed by atoms with Crippen molar-refractivity contribution in [3.8, 4) is 0 Å². The second-order valence-corrected chi connectivity index (χ2v) is 3.32. The SMILES string of the molecule is N[C@@H]1C[C@H](C(=O)O)[C@@H](O)[C@@H](O)[C@H]1O. The highest BCUT2D eigenvalue weighted by molar-refractivity contribution is 5.71. The van der Waals surface area contributed by atoms with E-state index < -0.39 is 36.2 Å². The summed E-state index contributed by atoms with van der Waals surface area (Å²) in [5.41, 5.74) is 5.37. The molecule has 13 heavy (non-hydrogen) atoms. The Morgan fingerprint density at radius 3 is 2.15 bits per heavy atom. The number of nitrogens with two attached hydrogens (primary N) is 1. The predicted molar refractivity (Wildman–Crippen MR) is 41.7 cm³/mol. The fourth-order valence-corrected chi connectivity index (χ4v) is 1.51. The molecule has 0 aromatic heterocycles. The first-order valence-electron chi connectivity index (χ1n) is 3.97. The van der Waals surface area contributed by atoms with Gasteiger partial charge in [-0.25, -0.2) is 0 Å². The van der Waals surface area contributed by atoms with E-state index >= 15 is 0 Å². The molecule has 5 atom stereocenters. The lowest BCUT2D eigenvalue weighted by Crippen LogP contribution is -2.58. The smallest absolute Gasteiger partial charge is 0.309 e. The van der Waals surface area contributed by atoms with E-state index in [2.05, 4.69) is 0 Å². The summed E-state index contributed by atoms with van der Waals surface area (Å²) in [6.45, 7) is 0. The monoisotopic (exact) mass is 191 g/mol. The van der Waals surface area contributed by atoms with Crippen molar-refractivity contribution in [1.82, 2.24) is 0 Å². The summed E-state index contributed by atoms with van der Waals surface area (Å²) in [5.74, 6) is -2.32. The van der Waals surface area contributed by atoms with E-state index in [9.17, 15) is 20.1 Å². The second kappa shape index (κ2) is 3.59. The van der Waals surface area contributed by atoms with Crippen molar-refractivity contribution in [2.75, 3.05) is 0 Å². The van der Waals surface area contributed by atoms with Gasteiger partial charge in [0.05, 0.1) is 18.1 Å². The molecule has 1 fully saturated rings. The van der Waals surface area contributed by atoms with Gasteiger partial charge < -0.3 is 26.2 Å². The molecule has 0 aromatic rings. The van der Waals surface area contributed by atoms with Crippen LogP contribution in [0.1, 0.15) is 6.42 Å². The number of hydrogen-bond acceptors (Lipinski definition) is 5. The molecular formula is C7H13NO5. The molecule has 1 aliphatic carbocycles. The Morgan fingerprint density at radius 1 is 1.15 bits per heavy atom. The summed E-state index contributed by atoms with van der Waals surface area (Å²) in [5, 5.41) is 36.3. The molecule has 1 aliphatic rings. The van der Waals surface area contributed by atoms with Gasteiger partial charge in [0.25, 0.3) is 0 Å². The fourth-order valence-electron chi connectivity index (χ4n) is 1.51. The van der Waals surface area contributed by atoms with Crippen molar-refractivity contribution >= 4 is 5.97 Å². The van der Waals surface area contributed by atoms with E-state index in [1.807, 2.05) is 0 Å². The molecule has 0 bridgehead atoms. The first kappa shape index (κ1) is 10.4. The third kappa shape index (κ3) is 1.80. The first-order valence-corrected chi connectivity index (χ1v) is 3.97. The molecule has 6 N–H and O–H groups in total. The Morgan fingerprint density at radius 2 is 1.69 bits per heavy atom. The normalized spacial score (nSPS) is 46.0. The number of aliphatic hydroxyl groups is 3. The maximum Gasteiger partial charge on any atom is 0.309 e. The number of carboxylic acid groups (broad SMARTS) is 1. The Bertz CT molecular complexity index is 209. The number of rotatable bonds is 1. The lowest BCUT2D eigenvalue weighted by atomic mass is 9.80. The molecule has 0 amide bonds. The van der Waals surface area contributed by atoms with Gasteiger partial charge in [0.1, 0.15) is 6.10 Å². The summed E-state index contributed by atoms with van der Waals surface area (Å²) < 4.78 is 0. The molecular weight excluding hydrogens is 178 g/mol. The van der Waals surface area contributed by atoms with Gasteiger partial charge in [0, 0.05) is 6.04 Å². The van der Waals surface area contributed by atoms with E-state index in [0.29, 0.717) is 0 Å². The zero-order valence-electron chi connectivity index (χ0n) is 6.87. The number of carbonyl (C=O) groups is 1. The maximum absolute atomic E-state index is 10.6. The molecule has 0 unspecified atom stereocenters. The minimum Gasteiger partial charge on any atom is -0.481 e. The van der Waals surface area contributed by atoms with Crippen LogP contribution in [0.25, 0.3) is 0 Å². The van der Waals surface area contributed by atoms with Gasteiger partial charge in [-0.3, -0.25) is 4.79 Å². The summed E-state index contributed by atoms with van der Waals surface area (Å²) in [7, 11) is 0. The minimum absolute atomic E-state index is 0.0330. The molecule has 76 valence electrons. The van der Waals surface area contributed by atoms with Crippen molar-refractivity contribution in [3.63, 3.8) is 0 Å². The highest BCUT2D eigenvalue weighted by Crippen LogP contribution is 2.24. The van der Waals surface area contributed by atoms with E-state index in [1.54, 1.807) is 0 Å². The Kier molecular flexibility index (Phi) is 2.87. The zero-order chi connectivity index (χ0) is 10.2. The van der Waals surface area contributed by atoms with Crippen LogP contribution in [0.4, 0.5) is 0 Å². The molecule has 1 rings (SSSR count). The minimum atomic E-state index is -1.48. The van der Waals surface area contributed by atoms with Crippen LogP contribution < -0.4 is 5.73 Å². The molecule has 1 saturated carbocycles. The van der Waals surface area contributed by atoms with Gasteiger partial charge in [0.15, 0.2) is 0 Å². The summed E-state index contributed by atoms with van der Waals surface area (Å²) >= 11 is 0. The van der Waals surface area contributed by atoms with Crippen molar-refractivity contribution in [2.45, 2.75) is 30.8 Å². The largest absolute Gasteiger partial charge is 0.481 e. The highest BCUT2D eigenvalue weighted by atomic mass is 16.4. The quantitative estimate of drug-likeness (QED) is 0.312. The molecule has 0 aliphatic heterocycles. The highest BCUT2D eigenvalue weighted by Gasteiger charge is 2.44. The van der Waals surface area contributed by atoms with Crippen LogP contribution in [0.2, 0.25) is 0 Å². The average Bonchev–Trinajstić information content (AvgIpc) is 2.07. The predicted octanol–water partition coefficient (Wildman–Crippen LogP) is -2.50. The van der Waals surface area contributed by atoms with E-state index in [-0.39, 0.29) is 6.42 Å².